The van der Waals surface area contributed by atoms with Gasteiger partial charge in [-0.25, -0.2) is 4.39 Å². The van der Waals surface area contributed by atoms with Crippen LogP contribution in [0, 0.1) is 11.6 Å². The molecule has 26 heavy (non-hydrogen) atoms. The average Bonchev–Trinajstić information content (AvgIpc) is 2.67. The summed E-state index contributed by atoms with van der Waals surface area (Å²) in [5.41, 5.74) is 2.09. The van der Waals surface area contributed by atoms with Crippen molar-refractivity contribution in [2.45, 2.75) is 52.4 Å². The Bertz CT molecular complexity index is 711. The van der Waals surface area contributed by atoms with Gasteiger partial charge in [-0.3, -0.25) is 4.99 Å². The van der Waals surface area contributed by atoms with Gasteiger partial charge in [-0.05, 0) is 42.5 Å². The van der Waals surface area contributed by atoms with Crippen LogP contribution < -0.4 is 4.74 Å². The summed E-state index contributed by atoms with van der Waals surface area (Å²) in [5.74, 6) is -2.02. The Balaban J connectivity index is 2.02. The number of benzene rings is 2. The first kappa shape index (κ1) is 20.1. The van der Waals surface area contributed by atoms with Crippen molar-refractivity contribution in [3.8, 4) is 5.75 Å². The van der Waals surface area contributed by atoms with Gasteiger partial charge in [0.1, 0.15) is 5.69 Å². The highest BCUT2D eigenvalue weighted by Crippen LogP contribution is 2.28. The van der Waals surface area contributed by atoms with Crippen LogP contribution in [0.4, 0.5) is 14.5 Å². The molecule has 0 fully saturated rings. The summed E-state index contributed by atoms with van der Waals surface area (Å²) in [6.45, 7) is 4.62. The van der Waals surface area contributed by atoms with E-state index in [1.165, 1.54) is 17.7 Å². The summed E-state index contributed by atoms with van der Waals surface area (Å²) in [5, 5.41) is 0. The van der Waals surface area contributed by atoms with Gasteiger partial charge < -0.3 is 4.74 Å². The van der Waals surface area contributed by atoms with E-state index in [2.05, 4.69) is 18.8 Å². The van der Waals surface area contributed by atoms with Crippen LogP contribution in [-0.2, 0) is 6.42 Å². The maximum atomic E-state index is 14.2. The highest BCUT2D eigenvalue weighted by Gasteiger charge is 2.13. The van der Waals surface area contributed by atoms with E-state index >= 15 is 0 Å². The smallest absolute Gasteiger partial charge is 0.202 e. The second-order valence-electron chi connectivity index (χ2n) is 6.37. The Kier molecular flexibility index (Phi) is 8.26. The van der Waals surface area contributed by atoms with Gasteiger partial charge in [0, 0.05) is 6.21 Å². The van der Waals surface area contributed by atoms with Crippen LogP contribution in [0.25, 0.3) is 0 Å². The second kappa shape index (κ2) is 10.7. The number of aryl methyl sites for hydroxylation is 1. The number of nitrogens with zero attached hydrogens (tertiary/aromatic N) is 1. The van der Waals surface area contributed by atoms with E-state index in [9.17, 15) is 8.78 Å². The largest absolute Gasteiger partial charge is 0.490 e. The van der Waals surface area contributed by atoms with Crippen LogP contribution in [-0.4, -0.2) is 12.8 Å². The molecule has 0 radical (unpaired) electrons. The molecule has 0 saturated carbocycles. The van der Waals surface area contributed by atoms with Crippen molar-refractivity contribution >= 4 is 11.9 Å². The lowest BCUT2D eigenvalue weighted by atomic mass is 10.1. The molecule has 2 aromatic rings. The zero-order valence-electron chi connectivity index (χ0n) is 15.6. The van der Waals surface area contributed by atoms with E-state index in [1.54, 1.807) is 6.21 Å². The van der Waals surface area contributed by atoms with Crippen LogP contribution in [0.1, 0.15) is 57.1 Å². The van der Waals surface area contributed by atoms with Gasteiger partial charge in [0.25, 0.3) is 0 Å². The number of hydrogen-bond acceptors (Lipinski definition) is 2. The molecule has 4 heteroatoms. The molecule has 0 unspecified atom stereocenters. The minimum absolute atomic E-state index is 0.0292. The fourth-order valence-electron chi connectivity index (χ4n) is 2.56. The zero-order valence-corrected chi connectivity index (χ0v) is 15.6. The summed E-state index contributed by atoms with van der Waals surface area (Å²) in [4.78, 5) is 4.08. The molecule has 2 aromatic carbocycles. The monoisotopic (exact) mass is 359 g/mol. The van der Waals surface area contributed by atoms with Gasteiger partial charge in [0.05, 0.1) is 6.61 Å². The number of rotatable bonds is 10. The van der Waals surface area contributed by atoms with Crippen molar-refractivity contribution in [2.75, 3.05) is 6.61 Å². The molecule has 0 aliphatic carbocycles. The van der Waals surface area contributed by atoms with Gasteiger partial charge in [-0.2, -0.15) is 4.39 Å². The van der Waals surface area contributed by atoms with Gasteiger partial charge in [-0.1, -0.05) is 57.4 Å². The van der Waals surface area contributed by atoms with Crippen molar-refractivity contribution in [2.24, 2.45) is 4.99 Å². The molecule has 0 heterocycles. The van der Waals surface area contributed by atoms with E-state index in [0.717, 1.165) is 44.1 Å². The Morgan fingerprint density at radius 1 is 0.885 bits per heavy atom. The SMILES string of the molecule is CCCCCOc1ccc(N=Cc2ccc(CCCC)cc2)c(F)c1F. The molecule has 0 atom stereocenters. The number of halogens is 2. The molecule has 2 nitrogen and oxygen atoms in total. The quantitative estimate of drug-likeness (QED) is 0.345. The predicted octanol–water partition coefficient (Wildman–Crippen LogP) is 6.63. The van der Waals surface area contributed by atoms with Crippen LogP contribution in [0.2, 0.25) is 0 Å². The fraction of sp³-hybridized carbons (Fsp3) is 0.409. The summed E-state index contributed by atoms with van der Waals surface area (Å²) < 4.78 is 33.6. The van der Waals surface area contributed by atoms with E-state index in [-0.39, 0.29) is 11.4 Å². The summed E-state index contributed by atoms with van der Waals surface area (Å²) in [6.07, 6.45) is 7.79. The first-order valence-electron chi connectivity index (χ1n) is 9.39. The maximum Gasteiger partial charge on any atom is 0.202 e. The molecule has 0 amide bonds. The Morgan fingerprint density at radius 3 is 2.31 bits per heavy atom. The molecule has 0 spiro atoms. The number of hydrogen-bond donors (Lipinski definition) is 0. The molecule has 0 aliphatic rings. The average molecular weight is 359 g/mol. The van der Waals surface area contributed by atoms with E-state index in [0.29, 0.717) is 6.61 Å². The lowest BCUT2D eigenvalue weighted by Gasteiger charge is -2.08. The summed E-state index contributed by atoms with van der Waals surface area (Å²) in [6, 6.07) is 10.8. The molecular formula is C22H27F2NO. The van der Waals surface area contributed by atoms with Crippen molar-refractivity contribution in [3.63, 3.8) is 0 Å². The Morgan fingerprint density at radius 2 is 1.62 bits per heavy atom. The van der Waals surface area contributed by atoms with Crippen LogP contribution in [0.3, 0.4) is 0 Å². The van der Waals surface area contributed by atoms with Gasteiger partial charge in [0.15, 0.2) is 11.6 Å². The zero-order chi connectivity index (χ0) is 18.8. The van der Waals surface area contributed by atoms with Gasteiger partial charge >= 0.3 is 0 Å². The van der Waals surface area contributed by atoms with Crippen molar-refractivity contribution < 1.29 is 13.5 Å². The molecule has 2 rings (SSSR count). The fourth-order valence-corrected chi connectivity index (χ4v) is 2.56. The van der Waals surface area contributed by atoms with E-state index < -0.39 is 11.6 Å². The van der Waals surface area contributed by atoms with Crippen LogP contribution in [0.5, 0.6) is 5.75 Å². The number of ether oxygens (including phenoxy) is 1. The van der Waals surface area contributed by atoms with E-state index in [4.69, 9.17) is 4.74 Å². The predicted molar refractivity (Wildman–Crippen MR) is 104 cm³/mol. The molecule has 140 valence electrons. The van der Waals surface area contributed by atoms with Crippen LogP contribution >= 0.6 is 0 Å². The number of aliphatic imine (C=N–C) groups is 1. The number of unbranched alkanes of at least 4 members (excludes halogenated alkanes) is 3. The van der Waals surface area contributed by atoms with E-state index in [1.807, 2.05) is 24.3 Å². The van der Waals surface area contributed by atoms with Crippen molar-refractivity contribution in [1.82, 2.24) is 0 Å². The third-order valence-electron chi connectivity index (χ3n) is 4.18. The lowest BCUT2D eigenvalue weighted by molar-refractivity contribution is 0.286. The minimum atomic E-state index is -0.980. The first-order valence-corrected chi connectivity index (χ1v) is 9.39. The second-order valence-corrected chi connectivity index (χ2v) is 6.37. The molecular weight excluding hydrogens is 332 g/mol. The minimum Gasteiger partial charge on any atom is -0.490 e. The summed E-state index contributed by atoms with van der Waals surface area (Å²) in [7, 11) is 0. The van der Waals surface area contributed by atoms with Gasteiger partial charge in [0.2, 0.25) is 5.82 Å². The molecule has 0 aliphatic heterocycles. The molecule has 0 N–H and O–H groups in total. The third kappa shape index (κ3) is 5.94. The van der Waals surface area contributed by atoms with Crippen LogP contribution in [0.15, 0.2) is 41.4 Å². The Hall–Kier alpha value is -2.23. The third-order valence-corrected chi connectivity index (χ3v) is 4.18. The highest BCUT2D eigenvalue weighted by atomic mass is 19.2. The van der Waals surface area contributed by atoms with Crippen molar-refractivity contribution in [3.05, 3.63) is 59.2 Å². The summed E-state index contributed by atoms with van der Waals surface area (Å²) >= 11 is 0. The standard InChI is InChI=1S/C22H27F2NO/c1-3-5-7-15-26-20-14-13-19(21(23)22(20)24)25-16-18-11-9-17(10-12-18)8-6-4-2/h9-14,16H,3-8,15H2,1-2H3. The topological polar surface area (TPSA) is 21.6 Å². The van der Waals surface area contributed by atoms with Crippen molar-refractivity contribution in [1.29, 1.82) is 0 Å². The van der Waals surface area contributed by atoms with Gasteiger partial charge in [-0.15, -0.1) is 0 Å². The lowest BCUT2D eigenvalue weighted by Crippen LogP contribution is -2.00. The molecule has 0 saturated heterocycles. The highest BCUT2D eigenvalue weighted by molar-refractivity contribution is 5.82. The maximum absolute atomic E-state index is 14.2. The first-order chi connectivity index (χ1) is 12.7. The normalized spacial score (nSPS) is 11.2. The molecule has 0 aromatic heterocycles. The molecule has 0 bridgehead atoms. The Labute approximate surface area is 154 Å².